The maximum atomic E-state index is 8.94. The molecule has 0 amide bonds. The summed E-state index contributed by atoms with van der Waals surface area (Å²) >= 11 is 1.58. The van der Waals surface area contributed by atoms with Crippen molar-refractivity contribution in [2.75, 3.05) is 0 Å². The molecule has 0 spiro atoms. The zero-order valence-electron chi connectivity index (χ0n) is 8.82. The van der Waals surface area contributed by atoms with Crippen LogP contribution in [0.2, 0.25) is 0 Å². The minimum atomic E-state index is 0.559. The molecule has 2 aromatic rings. The van der Waals surface area contributed by atoms with E-state index in [-0.39, 0.29) is 0 Å². The van der Waals surface area contributed by atoms with Crippen molar-refractivity contribution in [2.45, 2.75) is 33.1 Å². The summed E-state index contributed by atoms with van der Waals surface area (Å²) in [5, 5.41) is 14.4. The number of unbranched alkanes of at least 4 members (excludes halogenated alkanes) is 1. The average molecular weight is 220 g/mol. The van der Waals surface area contributed by atoms with Crippen LogP contribution in [0.25, 0.3) is 4.96 Å². The van der Waals surface area contributed by atoms with Crippen molar-refractivity contribution >= 4 is 16.3 Å². The molecule has 0 radical (unpaired) electrons. The van der Waals surface area contributed by atoms with E-state index in [4.69, 9.17) is 5.26 Å². The monoisotopic (exact) mass is 220 g/mol. The van der Waals surface area contributed by atoms with Crippen LogP contribution in [0.5, 0.6) is 0 Å². The Morgan fingerprint density at radius 3 is 3.00 bits per heavy atom. The number of fused-ring (bicyclic) bond motifs is 1. The van der Waals surface area contributed by atoms with Crippen LogP contribution in [-0.4, -0.2) is 14.6 Å². The first-order valence-corrected chi connectivity index (χ1v) is 5.83. The standard InChI is InChI=1S/C10H12N4S/c1-3-4-5-9-13-14-8(6-11)7(2)12-10(14)15-9/h3-5H2,1-2H3. The van der Waals surface area contributed by atoms with Gasteiger partial charge in [-0.2, -0.15) is 14.9 Å². The second-order valence-electron chi connectivity index (χ2n) is 3.45. The highest BCUT2D eigenvalue weighted by Gasteiger charge is 2.12. The average Bonchev–Trinajstić information content (AvgIpc) is 2.70. The van der Waals surface area contributed by atoms with Crippen molar-refractivity contribution in [3.63, 3.8) is 0 Å². The molecular formula is C10H12N4S. The topological polar surface area (TPSA) is 54.0 Å². The third kappa shape index (κ3) is 1.73. The van der Waals surface area contributed by atoms with Gasteiger partial charge in [0.15, 0.2) is 5.69 Å². The molecule has 0 N–H and O–H groups in total. The highest BCUT2D eigenvalue weighted by molar-refractivity contribution is 7.16. The summed E-state index contributed by atoms with van der Waals surface area (Å²) in [6, 6.07) is 2.13. The predicted octanol–water partition coefficient (Wildman–Crippen LogP) is 2.31. The van der Waals surface area contributed by atoms with Crippen LogP contribution in [-0.2, 0) is 6.42 Å². The van der Waals surface area contributed by atoms with Crippen LogP contribution < -0.4 is 0 Å². The molecule has 0 atom stereocenters. The molecule has 0 aromatic carbocycles. The Labute approximate surface area is 92.2 Å². The number of nitriles is 1. The van der Waals surface area contributed by atoms with E-state index >= 15 is 0 Å². The lowest BCUT2D eigenvalue weighted by Crippen LogP contribution is -1.92. The molecular weight excluding hydrogens is 208 g/mol. The molecule has 15 heavy (non-hydrogen) atoms. The van der Waals surface area contributed by atoms with Gasteiger partial charge >= 0.3 is 0 Å². The fraction of sp³-hybridized carbons (Fsp3) is 0.500. The number of imidazole rings is 1. The lowest BCUT2D eigenvalue weighted by Gasteiger charge is -1.90. The summed E-state index contributed by atoms with van der Waals surface area (Å²) in [5.41, 5.74) is 1.32. The summed E-state index contributed by atoms with van der Waals surface area (Å²) in [4.78, 5) is 5.14. The zero-order valence-corrected chi connectivity index (χ0v) is 9.63. The second kappa shape index (κ2) is 3.99. The minimum absolute atomic E-state index is 0.559. The fourth-order valence-corrected chi connectivity index (χ4v) is 2.43. The second-order valence-corrected chi connectivity index (χ2v) is 4.49. The lowest BCUT2D eigenvalue weighted by atomic mass is 10.3. The Morgan fingerprint density at radius 2 is 2.33 bits per heavy atom. The Balaban J connectivity index is 2.41. The summed E-state index contributed by atoms with van der Waals surface area (Å²) < 4.78 is 1.66. The van der Waals surface area contributed by atoms with Crippen LogP contribution in [0.3, 0.4) is 0 Å². The molecule has 0 saturated carbocycles. The number of hydrogen-bond donors (Lipinski definition) is 0. The molecule has 0 saturated heterocycles. The molecule has 4 nitrogen and oxygen atoms in total. The van der Waals surface area contributed by atoms with E-state index in [2.05, 4.69) is 23.1 Å². The summed E-state index contributed by atoms with van der Waals surface area (Å²) in [6.45, 7) is 4.00. The summed E-state index contributed by atoms with van der Waals surface area (Å²) in [5.74, 6) is 0. The molecule has 0 bridgehead atoms. The Hall–Kier alpha value is -1.41. The van der Waals surface area contributed by atoms with E-state index in [9.17, 15) is 0 Å². The van der Waals surface area contributed by atoms with Crippen molar-refractivity contribution in [3.8, 4) is 6.07 Å². The van der Waals surface area contributed by atoms with Crippen LogP contribution in [0.4, 0.5) is 0 Å². The molecule has 0 fully saturated rings. The van der Waals surface area contributed by atoms with E-state index in [1.807, 2.05) is 6.92 Å². The third-order valence-electron chi connectivity index (χ3n) is 2.27. The Kier molecular flexibility index (Phi) is 2.69. The summed E-state index contributed by atoms with van der Waals surface area (Å²) in [6.07, 6.45) is 3.28. The van der Waals surface area contributed by atoms with E-state index in [0.29, 0.717) is 5.69 Å². The first-order valence-electron chi connectivity index (χ1n) is 5.01. The van der Waals surface area contributed by atoms with Crippen LogP contribution in [0.15, 0.2) is 0 Å². The van der Waals surface area contributed by atoms with E-state index in [1.54, 1.807) is 15.9 Å². The van der Waals surface area contributed by atoms with Gasteiger partial charge in [0.25, 0.3) is 0 Å². The molecule has 0 unspecified atom stereocenters. The van der Waals surface area contributed by atoms with Gasteiger partial charge in [0.1, 0.15) is 11.1 Å². The SMILES string of the molecule is CCCCc1nn2c(C#N)c(C)nc2s1. The van der Waals surface area contributed by atoms with Crippen LogP contribution in [0, 0.1) is 18.3 Å². The quantitative estimate of drug-likeness (QED) is 0.797. The Morgan fingerprint density at radius 1 is 1.53 bits per heavy atom. The highest BCUT2D eigenvalue weighted by atomic mass is 32.1. The van der Waals surface area contributed by atoms with E-state index < -0.39 is 0 Å². The number of aryl methyl sites for hydroxylation is 2. The van der Waals surface area contributed by atoms with E-state index in [0.717, 1.165) is 34.9 Å². The maximum Gasteiger partial charge on any atom is 0.213 e. The van der Waals surface area contributed by atoms with Gasteiger partial charge in [-0.15, -0.1) is 0 Å². The summed E-state index contributed by atoms with van der Waals surface area (Å²) in [7, 11) is 0. The van der Waals surface area contributed by atoms with Gasteiger partial charge in [0, 0.05) is 6.42 Å². The Bertz CT molecular complexity index is 517. The number of rotatable bonds is 3. The zero-order chi connectivity index (χ0) is 10.8. The predicted molar refractivity (Wildman–Crippen MR) is 58.9 cm³/mol. The third-order valence-corrected chi connectivity index (χ3v) is 3.24. The highest BCUT2D eigenvalue weighted by Crippen LogP contribution is 2.19. The van der Waals surface area contributed by atoms with Gasteiger partial charge in [-0.3, -0.25) is 0 Å². The van der Waals surface area contributed by atoms with Crippen molar-refractivity contribution in [1.29, 1.82) is 5.26 Å². The molecule has 0 aliphatic rings. The molecule has 2 aromatic heterocycles. The molecule has 2 heterocycles. The van der Waals surface area contributed by atoms with Gasteiger partial charge in [-0.1, -0.05) is 24.7 Å². The van der Waals surface area contributed by atoms with Gasteiger partial charge < -0.3 is 0 Å². The largest absolute Gasteiger partial charge is 0.221 e. The normalized spacial score (nSPS) is 10.7. The molecule has 0 aliphatic heterocycles. The van der Waals surface area contributed by atoms with Gasteiger partial charge in [0.05, 0.1) is 5.69 Å². The maximum absolute atomic E-state index is 8.94. The van der Waals surface area contributed by atoms with Crippen molar-refractivity contribution in [3.05, 3.63) is 16.4 Å². The first kappa shape index (κ1) is 10.1. The van der Waals surface area contributed by atoms with Crippen LogP contribution >= 0.6 is 11.3 Å². The fourth-order valence-electron chi connectivity index (χ4n) is 1.45. The van der Waals surface area contributed by atoms with Gasteiger partial charge in [-0.25, -0.2) is 4.98 Å². The molecule has 78 valence electrons. The van der Waals surface area contributed by atoms with Gasteiger partial charge in [-0.05, 0) is 13.3 Å². The first-order chi connectivity index (χ1) is 7.26. The van der Waals surface area contributed by atoms with Gasteiger partial charge in [0.2, 0.25) is 4.96 Å². The molecule has 2 rings (SSSR count). The molecule has 5 heteroatoms. The van der Waals surface area contributed by atoms with Crippen molar-refractivity contribution in [1.82, 2.24) is 14.6 Å². The van der Waals surface area contributed by atoms with Crippen molar-refractivity contribution in [2.24, 2.45) is 0 Å². The minimum Gasteiger partial charge on any atom is -0.221 e. The van der Waals surface area contributed by atoms with Crippen molar-refractivity contribution < 1.29 is 0 Å². The van der Waals surface area contributed by atoms with E-state index in [1.165, 1.54) is 0 Å². The number of aromatic nitrogens is 3. The van der Waals surface area contributed by atoms with Crippen LogP contribution in [0.1, 0.15) is 36.2 Å². The lowest BCUT2D eigenvalue weighted by molar-refractivity contribution is 0.768. The number of hydrogen-bond acceptors (Lipinski definition) is 4. The smallest absolute Gasteiger partial charge is 0.213 e. The number of nitrogens with zero attached hydrogens (tertiary/aromatic N) is 4. The molecule has 0 aliphatic carbocycles.